The molecule has 3 rings (SSSR count). The first-order chi connectivity index (χ1) is 9.15. The van der Waals surface area contributed by atoms with E-state index in [9.17, 15) is 0 Å². The van der Waals surface area contributed by atoms with E-state index in [1.165, 1.54) is 0 Å². The molecule has 6 heteroatoms. The molecule has 0 saturated heterocycles. The van der Waals surface area contributed by atoms with E-state index in [0.717, 1.165) is 21.4 Å². The van der Waals surface area contributed by atoms with Crippen molar-refractivity contribution in [1.29, 1.82) is 0 Å². The summed E-state index contributed by atoms with van der Waals surface area (Å²) in [6.07, 6.45) is 0. The average Bonchev–Trinajstić information content (AvgIpc) is 2.87. The van der Waals surface area contributed by atoms with E-state index in [2.05, 4.69) is 31.6 Å². The molecule has 1 heterocycles. The van der Waals surface area contributed by atoms with Crippen LogP contribution in [0.1, 0.15) is 5.56 Å². The number of aryl methyl sites for hydroxylation is 1. The first kappa shape index (κ1) is 12.0. The third-order valence-corrected chi connectivity index (χ3v) is 3.41. The molecular weight excluding hydrogens is 308 g/mol. The largest absolute Gasteiger partial charge is 0.397 e. The topological polar surface area (TPSA) is 77.0 Å². The predicted molar refractivity (Wildman–Crippen MR) is 78.4 cm³/mol. The number of anilines is 3. The fourth-order valence-electron chi connectivity index (χ4n) is 1.86. The number of hydrogen-bond donors (Lipinski definition) is 2. The average molecular weight is 319 g/mol. The van der Waals surface area contributed by atoms with Crippen molar-refractivity contribution in [3.63, 3.8) is 0 Å². The first-order valence-corrected chi connectivity index (χ1v) is 6.48. The first-order valence-electron chi connectivity index (χ1n) is 5.69. The van der Waals surface area contributed by atoms with Crippen LogP contribution in [0.25, 0.3) is 11.0 Å². The Hall–Kier alpha value is -2.08. The maximum Gasteiger partial charge on any atom is 0.160 e. The van der Waals surface area contributed by atoms with E-state index in [4.69, 9.17) is 10.4 Å². The van der Waals surface area contributed by atoms with Gasteiger partial charge in [0, 0.05) is 10.2 Å². The van der Waals surface area contributed by atoms with Gasteiger partial charge in [-0.15, -0.1) is 0 Å². The Morgan fingerprint density at radius 1 is 1.11 bits per heavy atom. The Morgan fingerprint density at radius 2 is 1.89 bits per heavy atom. The summed E-state index contributed by atoms with van der Waals surface area (Å²) in [5.74, 6) is 0. The minimum atomic E-state index is 0.549. The highest BCUT2D eigenvalue weighted by atomic mass is 79.9. The molecule has 96 valence electrons. The van der Waals surface area contributed by atoms with Crippen molar-refractivity contribution in [2.75, 3.05) is 11.1 Å². The van der Waals surface area contributed by atoms with E-state index in [-0.39, 0.29) is 0 Å². The molecule has 3 aromatic rings. The van der Waals surface area contributed by atoms with Gasteiger partial charge in [-0.25, -0.2) is 4.63 Å². The van der Waals surface area contributed by atoms with Gasteiger partial charge in [-0.3, -0.25) is 0 Å². The van der Waals surface area contributed by atoms with Crippen molar-refractivity contribution in [3.8, 4) is 0 Å². The summed E-state index contributed by atoms with van der Waals surface area (Å²) in [6.45, 7) is 2.03. The van der Waals surface area contributed by atoms with Crippen LogP contribution < -0.4 is 11.1 Å². The zero-order valence-electron chi connectivity index (χ0n) is 10.1. The molecule has 2 aromatic carbocycles. The second-order valence-electron chi connectivity index (χ2n) is 4.25. The van der Waals surface area contributed by atoms with Crippen LogP contribution >= 0.6 is 15.9 Å². The molecule has 0 aliphatic heterocycles. The van der Waals surface area contributed by atoms with Crippen LogP contribution in [0.3, 0.4) is 0 Å². The number of hydrogen-bond acceptors (Lipinski definition) is 5. The van der Waals surface area contributed by atoms with E-state index >= 15 is 0 Å². The van der Waals surface area contributed by atoms with Crippen molar-refractivity contribution < 1.29 is 4.63 Å². The van der Waals surface area contributed by atoms with Gasteiger partial charge in [-0.1, -0.05) is 22.0 Å². The van der Waals surface area contributed by atoms with Crippen molar-refractivity contribution >= 4 is 44.0 Å². The predicted octanol–water partition coefficient (Wildman–Crippen LogP) is 3.62. The van der Waals surface area contributed by atoms with Gasteiger partial charge in [-0.05, 0) is 47.1 Å². The van der Waals surface area contributed by atoms with Crippen LogP contribution in [0.15, 0.2) is 39.4 Å². The highest BCUT2D eigenvalue weighted by Crippen LogP contribution is 2.30. The van der Waals surface area contributed by atoms with Crippen LogP contribution in [-0.2, 0) is 0 Å². The molecule has 19 heavy (non-hydrogen) atoms. The Labute approximate surface area is 117 Å². The number of rotatable bonds is 2. The molecule has 0 atom stereocenters. The maximum absolute atomic E-state index is 5.82. The van der Waals surface area contributed by atoms with E-state index in [1.807, 2.05) is 31.2 Å². The van der Waals surface area contributed by atoms with Crippen LogP contribution in [0.2, 0.25) is 0 Å². The number of aromatic nitrogens is 2. The van der Waals surface area contributed by atoms with Gasteiger partial charge in [0.15, 0.2) is 11.0 Å². The highest BCUT2D eigenvalue weighted by molar-refractivity contribution is 9.10. The number of nitrogen functional groups attached to an aromatic ring is 1. The lowest BCUT2D eigenvalue weighted by Gasteiger charge is -2.10. The molecule has 3 N–H and O–H groups in total. The van der Waals surface area contributed by atoms with Gasteiger partial charge in [0.2, 0.25) is 0 Å². The number of benzene rings is 2. The smallest absolute Gasteiger partial charge is 0.160 e. The number of nitrogens with two attached hydrogens (primary N) is 1. The zero-order chi connectivity index (χ0) is 13.4. The van der Waals surface area contributed by atoms with E-state index < -0.39 is 0 Å². The molecule has 0 amide bonds. The molecule has 0 fully saturated rings. The maximum atomic E-state index is 5.82. The van der Waals surface area contributed by atoms with E-state index in [0.29, 0.717) is 16.7 Å². The quantitative estimate of drug-likeness (QED) is 0.706. The van der Waals surface area contributed by atoms with Gasteiger partial charge in [0.25, 0.3) is 0 Å². The molecule has 5 nitrogen and oxygen atoms in total. The fourth-order valence-corrected chi connectivity index (χ4v) is 2.22. The molecule has 0 spiro atoms. The van der Waals surface area contributed by atoms with Crippen molar-refractivity contribution in [1.82, 2.24) is 10.3 Å². The second-order valence-corrected chi connectivity index (χ2v) is 5.16. The monoisotopic (exact) mass is 318 g/mol. The van der Waals surface area contributed by atoms with Gasteiger partial charge in [0.1, 0.15) is 0 Å². The number of nitrogens with one attached hydrogen (secondary N) is 1. The number of fused-ring (bicyclic) bond motifs is 1. The van der Waals surface area contributed by atoms with Crippen molar-refractivity contribution in [3.05, 3.63) is 40.4 Å². The number of halogens is 1. The lowest BCUT2D eigenvalue weighted by molar-refractivity contribution is 0.316. The molecule has 0 aliphatic rings. The van der Waals surface area contributed by atoms with Crippen LogP contribution in [0.4, 0.5) is 17.1 Å². The summed E-state index contributed by atoms with van der Waals surface area (Å²) in [7, 11) is 0. The SMILES string of the molecule is Cc1ccc(Br)cc1Nc1ccc(N)c2nonc12. The van der Waals surface area contributed by atoms with Gasteiger partial charge in [-0.2, -0.15) is 0 Å². The summed E-state index contributed by atoms with van der Waals surface area (Å²) >= 11 is 3.46. The standard InChI is InChI=1S/C13H11BrN4O/c1-7-2-3-8(14)6-11(7)16-10-5-4-9(15)12-13(10)18-19-17-12/h2-6,16H,15H2,1H3. The third kappa shape index (κ3) is 2.15. The summed E-state index contributed by atoms with van der Waals surface area (Å²) in [6, 6.07) is 9.67. The molecule has 1 aromatic heterocycles. The van der Waals surface area contributed by atoms with Crippen molar-refractivity contribution in [2.45, 2.75) is 6.92 Å². The normalized spacial score (nSPS) is 10.8. The molecule has 0 radical (unpaired) electrons. The Kier molecular flexibility index (Phi) is 2.87. The Bertz CT molecular complexity index is 753. The number of nitrogens with zero attached hydrogens (tertiary/aromatic N) is 2. The lowest BCUT2D eigenvalue weighted by atomic mass is 10.2. The summed E-state index contributed by atoms with van der Waals surface area (Å²) in [4.78, 5) is 0. The molecule has 0 unspecified atom stereocenters. The molecule has 0 saturated carbocycles. The fraction of sp³-hybridized carbons (Fsp3) is 0.0769. The lowest BCUT2D eigenvalue weighted by Crippen LogP contribution is -1.96. The van der Waals surface area contributed by atoms with Crippen LogP contribution in [-0.4, -0.2) is 10.3 Å². The Balaban J connectivity index is 2.08. The summed E-state index contributed by atoms with van der Waals surface area (Å²) < 4.78 is 5.75. The van der Waals surface area contributed by atoms with Crippen LogP contribution in [0.5, 0.6) is 0 Å². The highest BCUT2D eigenvalue weighted by Gasteiger charge is 2.11. The summed E-state index contributed by atoms with van der Waals surface area (Å²) in [5.41, 5.74) is 10.5. The van der Waals surface area contributed by atoms with Crippen LogP contribution in [0, 0.1) is 6.92 Å². The van der Waals surface area contributed by atoms with Gasteiger partial charge < -0.3 is 11.1 Å². The minimum Gasteiger partial charge on any atom is -0.397 e. The van der Waals surface area contributed by atoms with Gasteiger partial charge >= 0.3 is 0 Å². The minimum absolute atomic E-state index is 0.549. The van der Waals surface area contributed by atoms with Crippen molar-refractivity contribution in [2.24, 2.45) is 0 Å². The van der Waals surface area contributed by atoms with E-state index in [1.54, 1.807) is 6.07 Å². The molecular formula is C13H11BrN4O. The second kappa shape index (κ2) is 4.55. The van der Waals surface area contributed by atoms with Gasteiger partial charge in [0.05, 0.1) is 11.4 Å². The Morgan fingerprint density at radius 3 is 2.74 bits per heavy atom. The summed E-state index contributed by atoms with van der Waals surface area (Å²) in [5, 5.41) is 11.0. The molecule has 0 bridgehead atoms. The molecule has 0 aliphatic carbocycles. The third-order valence-electron chi connectivity index (χ3n) is 2.92. The zero-order valence-corrected chi connectivity index (χ0v) is 11.7.